The maximum absolute atomic E-state index is 13.8. The normalized spacial score (nSPS) is 14.5. The topological polar surface area (TPSA) is 78.0 Å². The number of rotatable bonds is 22. The molecule has 0 aliphatic heterocycles. The van der Waals surface area contributed by atoms with E-state index < -0.39 is 79.7 Å². The second-order valence-electron chi connectivity index (χ2n) is 12.5. The predicted octanol–water partition coefficient (Wildman–Crippen LogP) is 9.80. The minimum atomic E-state index is -7.25. The van der Waals surface area contributed by atoms with Gasteiger partial charge in [0.25, 0.3) is 20.0 Å². The van der Waals surface area contributed by atoms with Crippen LogP contribution in [-0.2, 0) is 20.0 Å². The van der Waals surface area contributed by atoms with Gasteiger partial charge in [0.2, 0.25) is 0 Å². The predicted molar refractivity (Wildman–Crippen MR) is 203 cm³/mol. The third kappa shape index (κ3) is 14.7. The molecule has 0 heterocycles. The van der Waals surface area contributed by atoms with Gasteiger partial charge in [-0.15, -0.1) is 24.0 Å². The molecule has 0 unspecified atom stereocenters. The van der Waals surface area contributed by atoms with Gasteiger partial charge >= 0.3 is 46.6 Å². The van der Waals surface area contributed by atoms with Crippen LogP contribution in [0.4, 0.5) is 79.0 Å². The summed E-state index contributed by atoms with van der Waals surface area (Å²) < 4.78 is 280. The molecule has 0 N–H and O–H groups in total. The van der Waals surface area contributed by atoms with Crippen LogP contribution in [0, 0.1) is 0 Å². The molecule has 0 fully saturated rings. The van der Waals surface area contributed by atoms with Gasteiger partial charge in [0, 0.05) is 40.2 Å². The Hall–Kier alpha value is -0.0600. The molecular formula is C29H51F18I2N4O4S2+. The van der Waals surface area contributed by atoms with Crippen molar-refractivity contribution in [2.24, 2.45) is 0 Å². The van der Waals surface area contributed by atoms with Gasteiger partial charge in [-0.3, -0.25) is 0 Å². The van der Waals surface area contributed by atoms with Crippen molar-refractivity contribution >= 4 is 66.6 Å². The van der Waals surface area contributed by atoms with Gasteiger partial charge in [0.05, 0.1) is 26.2 Å². The molecule has 0 amide bonds. The number of alkyl halides is 19. The van der Waals surface area contributed by atoms with Crippen molar-refractivity contribution in [3.05, 3.63) is 0 Å². The molecule has 0 atom stereocenters. The largest absolute Gasteiger partial charge is 0.460 e. The van der Waals surface area contributed by atoms with Gasteiger partial charge < -0.3 is 9.38 Å². The SMILES string of the molecule is CCCI.CCC[N+](CC)(CC)CCCN(C)S(=O)(=O)C(F)(F)C(F)(F)C(F)(F)C(F)(F)F.CCN(CC)CCN(C)S(=O)(=O)C(F)(F)C(F)(F)C(F)(F)C(F)(F)F.I. The third-order valence-corrected chi connectivity index (χ3v) is 13.6. The summed E-state index contributed by atoms with van der Waals surface area (Å²) in [7, 11) is -12.2. The van der Waals surface area contributed by atoms with Crippen LogP contribution in [-0.4, -0.2) is 159 Å². The first-order valence-electron chi connectivity index (χ1n) is 17.1. The molecule has 0 radical (unpaired) electrons. The fourth-order valence-electron chi connectivity index (χ4n) is 4.57. The van der Waals surface area contributed by atoms with E-state index in [0.29, 0.717) is 51.3 Å². The highest BCUT2D eigenvalue weighted by atomic mass is 127. The molecule has 0 spiro atoms. The van der Waals surface area contributed by atoms with Crippen LogP contribution in [0.5, 0.6) is 0 Å². The van der Waals surface area contributed by atoms with Crippen LogP contribution >= 0.6 is 46.6 Å². The molecule has 59 heavy (non-hydrogen) atoms. The van der Waals surface area contributed by atoms with Crippen LogP contribution < -0.4 is 0 Å². The first-order chi connectivity index (χ1) is 25.6. The van der Waals surface area contributed by atoms with Crippen LogP contribution in [0.25, 0.3) is 0 Å². The third-order valence-electron chi connectivity index (χ3n) is 8.66. The zero-order valence-corrected chi connectivity index (χ0v) is 39.1. The summed E-state index contributed by atoms with van der Waals surface area (Å²) in [6.45, 7) is 12.0. The summed E-state index contributed by atoms with van der Waals surface area (Å²) in [5.74, 6) is -28.9. The number of likely N-dealkylation sites (N-methyl/N-ethyl adjacent to an activating group) is 2. The van der Waals surface area contributed by atoms with E-state index in [9.17, 15) is 95.9 Å². The first kappa shape index (κ1) is 65.6. The summed E-state index contributed by atoms with van der Waals surface area (Å²) >= 11 is 2.35. The van der Waals surface area contributed by atoms with Crippen LogP contribution in [0.15, 0.2) is 0 Å². The molecule has 0 aliphatic rings. The summed E-state index contributed by atoms with van der Waals surface area (Å²) in [6.07, 6.45) is -12.2. The van der Waals surface area contributed by atoms with Gasteiger partial charge in [-0.25, -0.2) is 16.8 Å². The number of nitrogens with zero attached hydrogens (tertiary/aromatic N) is 4. The van der Waals surface area contributed by atoms with E-state index in [1.54, 1.807) is 13.8 Å². The lowest BCUT2D eigenvalue weighted by molar-refractivity contribution is -0.925. The molecule has 362 valence electrons. The van der Waals surface area contributed by atoms with Gasteiger partial charge in [-0.1, -0.05) is 50.3 Å². The fraction of sp³-hybridized carbons (Fsp3) is 1.00. The Bertz CT molecular complexity index is 1430. The quantitative estimate of drug-likeness (QED) is 0.0468. The Balaban J connectivity index is -0.000000466. The first-order valence-corrected chi connectivity index (χ1v) is 21.5. The highest BCUT2D eigenvalue weighted by Crippen LogP contribution is 2.56. The lowest BCUT2D eigenvalue weighted by Gasteiger charge is -2.37. The molecule has 0 saturated carbocycles. The Kier molecular flexibility index (Phi) is 27.0. The Morgan fingerprint density at radius 2 is 0.797 bits per heavy atom. The molecule has 0 aromatic rings. The van der Waals surface area contributed by atoms with Gasteiger partial charge in [-0.05, 0) is 44.2 Å². The summed E-state index contributed by atoms with van der Waals surface area (Å²) in [6, 6.07) is 0. The molecule has 30 heteroatoms. The van der Waals surface area contributed by atoms with Crippen molar-refractivity contribution in [1.82, 2.24) is 13.5 Å². The van der Waals surface area contributed by atoms with Crippen LogP contribution in [0.1, 0.15) is 60.8 Å². The maximum Gasteiger partial charge on any atom is 0.460 e. The van der Waals surface area contributed by atoms with E-state index in [1.807, 2.05) is 20.8 Å². The average molecular weight is 1180 g/mol. The number of hydrogen-bond acceptors (Lipinski definition) is 5. The Morgan fingerprint density at radius 1 is 0.492 bits per heavy atom. The second-order valence-corrected chi connectivity index (χ2v) is 17.7. The number of quaternary nitrogens is 1. The molecule has 0 rings (SSSR count). The second kappa shape index (κ2) is 24.3. The Labute approximate surface area is 363 Å². The molecule has 0 saturated heterocycles. The van der Waals surface area contributed by atoms with Crippen LogP contribution in [0.3, 0.4) is 0 Å². The molecule has 0 aliphatic carbocycles. The van der Waals surface area contributed by atoms with E-state index in [4.69, 9.17) is 0 Å². The monoisotopic (exact) mass is 1180 g/mol. The molecular weight excluding hydrogens is 1130 g/mol. The van der Waals surface area contributed by atoms with E-state index in [1.165, 1.54) is 15.7 Å². The van der Waals surface area contributed by atoms with Gasteiger partial charge in [0.15, 0.2) is 0 Å². The number of hydrogen-bond donors (Lipinski definition) is 0. The Morgan fingerprint density at radius 3 is 1.03 bits per heavy atom. The van der Waals surface area contributed by atoms with E-state index >= 15 is 0 Å². The molecule has 0 bridgehead atoms. The zero-order chi connectivity index (χ0) is 47.4. The van der Waals surface area contributed by atoms with Gasteiger partial charge in [0.1, 0.15) is 0 Å². The molecule has 8 nitrogen and oxygen atoms in total. The lowest BCUT2D eigenvalue weighted by Crippen LogP contribution is -2.65. The summed E-state index contributed by atoms with van der Waals surface area (Å²) in [5, 5.41) is -13.4. The van der Waals surface area contributed by atoms with E-state index in [-0.39, 0.29) is 52.1 Å². The highest BCUT2D eigenvalue weighted by Gasteiger charge is 2.87. The van der Waals surface area contributed by atoms with Crippen molar-refractivity contribution in [3.63, 3.8) is 0 Å². The standard InChI is InChI=1S/C15H26F9N2O2S.C11H17F9N2O2S.C3H7I.HI/c1-5-10-26(6-2,7-3)11-8-9-25(4)29(27,28)15(23,24)13(18,19)12(16,17)14(20,21)22;1-4-22(5-2)7-6-21(3)25(23,24)11(19,20)9(14,15)8(12,13)10(16,17)18;1-2-3-4;/h5-11H2,1-4H3;4-7H2,1-3H3;2-3H2,1H3;1H/q+1;;;. The van der Waals surface area contributed by atoms with Crippen molar-refractivity contribution in [2.45, 2.75) is 107 Å². The lowest BCUT2D eigenvalue weighted by atomic mass is 10.1. The maximum atomic E-state index is 13.8. The fourth-order valence-corrected chi connectivity index (χ4v) is 6.95. The van der Waals surface area contributed by atoms with Crippen molar-refractivity contribution in [3.8, 4) is 0 Å². The molecule has 0 aromatic carbocycles. The van der Waals surface area contributed by atoms with Crippen molar-refractivity contribution in [2.75, 3.05) is 77.4 Å². The zero-order valence-electron chi connectivity index (χ0n) is 33.0. The smallest absolute Gasteiger partial charge is 0.324 e. The van der Waals surface area contributed by atoms with E-state index in [2.05, 4.69) is 29.5 Å². The van der Waals surface area contributed by atoms with Gasteiger partial charge in [-0.2, -0.15) is 87.6 Å². The van der Waals surface area contributed by atoms with Crippen LogP contribution in [0.2, 0.25) is 0 Å². The summed E-state index contributed by atoms with van der Waals surface area (Å²) in [5.41, 5.74) is 0. The number of halogens is 20. The van der Waals surface area contributed by atoms with E-state index in [0.717, 1.165) is 6.42 Å². The minimum absolute atomic E-state index is 0. The highest BCUT2D eigenvalue weighted by molar-refractivity contribution is 14.1. The van der Waals surface area contributed by atoms with Crippen molar-refractivity contribution in [1.29, 1.82) is 0 Å². The molecule has 0 aromatic heterocycles. The van der Waals surface area contributed by atoms with Crippen molar-refractivity contribution < 1.29 is 100 Å². The average Bonchev–Trinajstić information content (AvgIpc) is 3.10. The summed E-state index contributed by atoms with van der Waals surface area (Å²) in [4.78, 5) is 1.49. The minimum Gasteiger partial charge on any atom is -0.324 e. The number of sulfonamides is 2.